The second kappa shape index (κ2) is 7.89. The summed E-state index contributed by atoms with van der Waals surface area (Å²) >= 11 is 7.89. The lowest BCUT2D eigenvalue weighted by molar-refractivity contribution is 0.145. The highest BCUT2D eigenvalue weighted by atomic mass is 32.2. The molecule has 7 heteroatoms. The van der Waals surface area contributed by atoms with E-state index >= 15 is 0 Å². The molecule has 1 atom stereocenters. The largest absolute Gasteiger partial charge is 0.275 e. The van der Waals surface area contributed by atoms with Gasteiger partial charge in [-0.2, -0.15) is 16.9 Å². The van der Waals surface area contributed by atoms with Crippen molar-refractivity contribution in [1.29, 1.82) is 0 Å². The van der Waals surface area contributed by atoms with Gasteiger partial charge < -0.3 is 0 Å². The summed E-state index contributed by atoms with van der Waals surface area (Å²) in [5, 5.41) is 6.10. The van der Waals surface area contributed by atoms with E-state index in [1.807, 2.05) is 28.7 Å². The molecule has 1 fully saturated rings. The Morgan fingerprint density at radius 3 is 2.86 bits per heavy atom. The quantitative estimate of drug-likeness (QED) is 0.437. The van der Waals surface area contributed by atoms with Crippen LogP contribution in [0, 0.1) is 11.7 Å². The number of rotatable bonds is 5. The first-order chi connectivity index (χ1) is 14.2. The van der Waals surface area contributed by atoms with Gasteiger partial charge in [-0.1, -0.05) is 24.3 Å². The van der Waals surface area contributed by atoms with Crippen molar-refractivity contribution in [2.24, 2.45) is 0 Å². The van der Waals surface area contributed by atoms with Gasteiger partial charge in [-0.25, -0.2) is 4.68 Å². The van der Waals surface area contributed by atoms with Crippen molar-refractivity contribution in [1.82, 2.24) is 24.1 Å². The number of pyridine rings is 2. The third-order valence-corrected chi connectivity index (χ3v) is 7.15. The summed E-state index contributed by atoms with van der Waals surface area (Å²) in [5.41, 5.74) is 4.33. The molecule has 0 aliphatic carbocycles. The number of nitrogens with zero attached hydrogens (tertiary/aromatic N) is 5. The van der Waals surface area contributed by atoms with Crippen molar-refractivity contribution in [2.75, 3.05) is 11.5 Å². The van der Waals surface area contributed by atoms with Crippen LogP contribution < -0.4 is 0 Å². The van der Waals surface area contributed by atoms with Crippen molar-refractivity contribution in [3.63, 3.8) is 0 Å². The predicted molar refractivity (Wildman–Crippen MR) is 122 cm³/mol. The van der Waals surface area contributed by atoms with Crippen LogP contribution in [0.3, 0.4) is 0 Å². The number of aromatic nitrogens is 4. The fraction of sp³-hybridized carbons (Fsp3) is 0.318. The summed E-state index contributed by atoms with van der Waals surface area (Å²) in [6.45, 7) is 3.62. The van der Waals surface area contributed by atoms with Gasteiger partial charge in [0.05, 0.1) is 17.9 Å². The zero-order valence-electron chi connectivity index (χ0n) is 16.4. The Kier molecular flexibility index (Phi) is 5.11. The average Bonchev–Trinajstić information content (AvgIpc) is 3.37. The van der Waals surface area contributed by atoms with Gasteiger partial charge in [0.1, 0.15) is 0 Å². The molecule has 0 spiro atoms. The van der Waals surface area contributed by atoms with Gasteiger partial charge in [0.25, 0.3) is 0 Å². The summed E-state index contributed by atoms with van der Waals surface area (Å²) in [5.74, 6) is 2.36. The van der Waals surface area contributed by atoms with Crippen molar-refractivity contribution in [3.8, 4) is 0 Å². The Labute approximate surface area is 179 Å². The predicted octanol–water partition coefficient (Wildman–Crippen LogP) is 4.69. The summed E-state index contributed by atoms with van der Waals surface area (Å²) in [4.78, 5) is 7.01. The standard InChI is InChI=1S/C22H23N5S2/c1-16-12-21-24-26(22(28)27(21)20-8-3-2-7-19(16)20)15-25(18-9-11-29-14-18)13-17-6-4-5-10-23-17/h2-8,10,12,18H,9,11,13-15H2,1H3/t18-/m0/s1. The minimum atomic E-state index is 0.521. The molecule has 5 nitrogen and oxygen atoms in total. The molecule has 29 heavy (non-hydrogen) atoms. The van der Waals surface area contributed by atoms with E-state index in [0.717, 1.165) is 33.9 Å². The van der Waals surface area contributed by atoms with Gasteiger partial charge in [-0.05, 0) is 61.1 Å². The van der Waals surface area contributed by atoms with E-state index in [1.165, 1.54) is 23.1 Å². The molecule has 0 saturated carbocycles. The molecular weight excluding hydrogens is 398 g/mol. The van der Waals surface area contributed by atoms with Gasteiger partial charge in [-0.3, -0.25) is 14.3 Å². The molecule has 1 saturated heterocycles. The van der Waals surface area contributed by atoms with E-state index in [9.17, 15) is 0 Å². The highest BCUT2D eigenvalue weighted by Crippen LogP contribution is 2.25. The molecule has 3 aromatic heterocycles. The van der Waals surface area contributed by atoms with Gasteiger partial charge >= 0.3 is 0 Å². The topological polar surface area (TPSA) is 38.4 Å². The Balaban J connectivity index is 1.55. The number of benzene rings is 1. The maximum atomic E-state index is 5.87. The molecule has 4 heterocycles. The zero-order valence-corrected chi connectivity index (χ0v) is 18.0. The van der Waals surface area contributed by atoms with Crippen LogP contribution in [-0.2, 0) is 13.2 Å². The van der Waals surface area contributed by atoms with Crippen LogP contribution >= 0.6 is 24.0 Å². The first kappa shape index (κ1) is 18.8. The van der Waals surface area contributed by atoms with Crippen LogP contribution in [0.15, 0.2) is 54.7 Å². The lowest BCUT2D eigenvalue weighted by atomic mass is 10.1. The van der Waals surface area contributed by atoms with E-state index in [1.54, 1.807) is 0 Å². The monoisotopic (exact) mass is 421 g/mol. The van der Waals surface area contributed by atoms with E-state index in [-0.39, 0.29) is 0 Å². The van der Waals surface area contributed by atoms with Crippen LogP contribution in [0.25, 0.3) is 16.6 Å². The van der Waals surface area contributed by atoms with Gasteiger partial charge in [0, 0.05) is 29.9 Å². The molecule has 4 aromatic rings. The molecule has 0 N–H and O–H groups in total. The highest BCUT2D eigenvalue weighted by molar-refractivity contribution is 7.99. The normalized spacial score (nSPS) is 17.0. The first-order valence-electron chi connectivity index (χ1n) is 9.90. The maximum absolute atomic E-state index is 5.87. The second-order valence-corrected chi connectivity index (χ2v) is 9.06. The van der Waals surface area contributed by atoms with E-state index in [2.05, 4.69) is 63.7 Å². The smallest absolute Gasteiger partial charge is 0.204 e. The van der Waals surface area contributed by atoms with Crippen molar-refractivity contribution in [2.45, 2.75) is 32.6 Å². The lowest BCUT2D eigenvalue weighted by Gasteiger charge is -2.27. The number of hydrogen-bond acceptors (Lipinski definition) is 5. The minimum absolute atomic E-state index is 0.521. The molecule has 0 bridgehead atoms. The van der Waals surface area contributed by atoms with Gasteiger partial charge in [0.15, 0.2) is 5.65 Å². The molecular formula is C22H23N5S2. The summed E-state index contributed by atoms with van der Waals surface area (Å²) in [6.07, 6.45) is 3.06. The summed E-state index contributed by atoms with van der Waals surface area (Å²) in [6, 6.07) is 17.2. The second-order valence-electron chi connectivity index (χ2n) is 7.55. The fourth-order valence-electron chi connectivity index (χ4n) is 4.09. The first-order valence-corrected chi connectivity index (χ1v) is 11.5. The Bertz CT molecular complexity index is 1210. The number of hydrogen-bond donors (Lipinski definition) is 0. The van der Waals surface area contributed by atoms with Gasteiger partial charge in [0.2, 0.25) is 4.77 Å². The van der Waals surface area contributed by atoms with E-state index < -0.39 is 0 Å². The lowest BCUT2D eigenvalue weighted by Crippen LogP contribution is -2.37. The molecule has 0 amide bonds. The Morgan fingerprint density at radius 2 is 2.07 bits per heavy atom. The Morgan fingerprint density at radius 1 is 1.21 bits per heavy atom. The van der Waals surface area contributed by atoms with Crippen molar-refractivity contribution < 1.29 is 0 Å². The van der Waals surface area contributed by atoms with Crippen LogP contribution in [-0.4, -0.2) is 41.6 Å². The number of thioether (sulfide) groups is 1. The van der Waals surface area contributed by atoms with Crippen molar-refractivity contribution in [3.05, 3.63) is 70.8 Å². The third-order valence-electron chi connectivity index (χ3n) is 5.61. The van der Waals surface area contributed by atoms with Crippen LogP contribution in [0.4, 0.5) is 0 Å². The van der Waals surface area contributed by atoms with Crippen molar-refractivity contribution >= 4 is 40.5 Å². The fourth-order valence-corrected chi connectivity index (χ4v) is 5.63. The number of para-hydroxylation sites is 1. The summed E-state index contributed by atoms with van der Waals surface area (Å²) in [7, 11) is 0. The number of fused-ring (bicyclic) bond motifs is 3. The molecule has 1 aromatic carbocycles. The zero-order chi connectivity index (χ0) is 19.8. The molecule has 0 unspecified atom stereocenters. The average molecular weight is 422 g/mol. The van der Waals surface area contributed by atoms with E-state index in [4.69, 9.17) is 17.3 Å². The third kappa shape index (κ3) is 3.58. The molecule has 148 valence electrons. The van der Waals surface area contributed by atoms with Crippen LogP contribution in [0.1, 0.15) is 17.7 Å². The molecule has 1 aliphatic rings. The SMILES string of the molecule is Cc1cc2nn(CN(Cc3ccccn3)[C@H]3CCSC3)c(=S)n2c2ccccc12. The van der Waals surface area contributed by atoms with E-state index in [0.29, 0.717) is 12.7 Å². The highest BCUT2D eigenvalue weighted by Gasteiger charge is 2.24. The van der Waals surface area contributed by atoms with Crippen LogP contribution in [0.5, 0.6) is 0 Å². The Hall–Kier alpha value is -2.22. The minimum Gasteiger partial charge on any atom is -0.275 e. The molecule has 1 aliphatic heterocycles. The number of aryl methyl sites for hydroxylation is 1. The summed E-state index contributed by atoms with van der Waals surface area (Å²) < 4.78 is 4.82. The van der Waals surface area contributed by atoms with Gasteiger partial charge in [-0.15, -0.1) is 0 Å². The van der Waals surface area contributed by atoms with Crippen LogP contribution in [0.2, 0.25) is 0 Å². The maximum Gasteiger partial charge on any atom is 0.204 e. The molecule has 0 radical (unpaired) electrons. The molecule has 5 rings (SSSR count).